The molecule has 1 saturated carbocycles. The van der Waals surface area contributed by atoms with Gasteiger partial charge in [-0.3, -0.25) is 9.38 Å². The molecule has 0 saturated heterocycles. The second kappa shape index (κ2) is 5.85. The lowest BCUT2D eigenvalue weighted by Crippen LogP contribution is -2.11. The lowest BCUT2D eigenvalue weighted by Gasteiger charge is -2.15. The molecular formula is C18H15FN6O2. The van der Waals surface area contributed by atoms with Gasteiger partial charge < -0.3 is 10.2 Å². The molecule has 1 aliphatic rings. The number of nitrogens with zero attached hydrogens (tertiary/aromatic N) is 6. The second-order valence-corrected chi connectivity index (χ2v) is 6.59. The fourth-order valence-electron chi connectivity index (χ4n) is 3.22. The minimum absolute atomic E-state index is 0.0438. The monoisotopic (exact) mass is 366 g/mol. The number of phenols is 1. The standard InChI is InChI=1S/C18H15FN6O2/c19-15-13(2-1-3-14(15)26)25-8-12(22-23-25)18(27)17-16(10-4-5-10)21-7-11-6-20-9-24(11)17/h1-3,6-10,18,26-27H,4-5H2/t18-/m0/s1. The van der Waals surface area contributed by atoms with Crippen molar-refractivity contribution in [3.63, 3.8) is 0 Å². The van der Waals surface area contributed by atoms with Crippen LogP contribution in [-0.4, -0.2) is 39.6 Å². The fraction of sp³-hybridized carbons (Fsp3) is 0.222. The predicted molar refractivity (Wildman–Crippen MR) is 92.0 cm³/mol. The van der Waals surface area contributed by atoms with E-state index in [1.807, 2.05) is 0 Å². The average molecular weight is 366 g/mol. The smallest absolute Gasteiger partial charge is 0.190 e. The Bertz CT molecular complexity index is 1150. The van der Waals surface area contributed by atoms with Crippen LogP contribution in [0.4, 0.5) is 4.39 Å². The highest BCUT2D eigenvalue weighted by Crippen LogP contribution is 2.42. The van der Waals surface area contributed by atoms with Crippen molar-refractivity contribution in [2.24, 2.45) is 0 Å². The molecule has 0 amide bonds. The largest absolute Gasteiger partial charge is 0.505 e. The summed E-state index contributed by atoms with van der Waals surface area (Å²) in [6, 6.07) is 4.22. The third kappa shape index (κ3) is 2.55. The Labute approximate surface area is 152 Å². The number of phenolic OH excluding ortho intramolecular Hbond substituents is 1. The van der Waals surface area contributed by atoms with Crippen LogP contribution in [0.1, 0.15) is 41.9 Å². The van der Waals surface area contributed by atoms with Gasteiger partial charge in [0.05, 0.1) is 41.8 Å². The highest BCUT2D eigenvalue weighted by atomic mass is 19.1. The Hall–Kier alpha value is -3.33. The number of halogens is 1. The quantitative estimate of drug-likeness (QED) is 0.574. The molecule has 136 valence electrons. The van der Waals surface area contributed by atoms with E-state index in [4.69, 9.17) is 0 Å². The molecule has 27 heavy (non-hydrogen) atoms. The van der Waals surface area contributed by atoms with Crippen LogP contribution in [0.25, 0.3) is 11.2 Å². The number of aliphatic hydroxyl groups excluding tert-OH is 1. The summed E-state index contributed by atoms with van der Waals surface area (Å²) >= 11 is 0. The van der Waals surface area contributed by atoms with Crippen LogP contribution < -0.4 is 0 Å². The molecule has 1 aromatic carbocycles. The maximum Gasteiger partial charge on any atom is 0.190 e. The summed E-state index contributed by atoms with van der Waals surface area (Å²) in [6.07, 6.45) is 7.41. The Morgan fingerprint density at radius 1 is 1.22 bits per heavy atom. The highest BCUT2D eigenvalue weighted by Gasteiger charge is 2.32. The third-order valence-corrected chi connectivity index (χ3v) is 4.74. The fourth-order valence-corrected chi connectivity index (χ4v) is 3.22. The molecule has 1 fully saturated rings. The highest BCUT2D eigenvalue weighted by molar-refractivity contribution is 5.47. The van der Waals surface area contributed by atoms with Crippen LogP contribution in [0.3, 0.4) is 0 Å². The molecular weight excluding hydrogens is 351 g/mol. The van der Waals surface area contributed by atoms with E-state index in [-0.39, 0.29) is 11.4 Å². The molecule has 3 aromatic heterocycles. The minimum Gasteiger partial charge on any atom is -0.505 e. The first-order valence-corrected chi connectivity index (χ1v) is 8.52. The van der Waals surface area contributed by atoms with Gasteiger partial charge in [0.25, 0.3) is 0 Å². The van der Waals surface area contributed by atoms with Gasteiger partial charge in [0, 0.05) is 5.92 Å². The zero-order valence-electron chi connectivity index (χ0n) is 14.1. The summed E-state index contributed by atoms with van der Waals surface area (Å²) in [6.45, 7) is 0. The van der Waals surface area contributed by atoms with Crippen molar-refractivity contribution in [1.82, 2.24) is 29.4 Å². The van der Waals surface area contributed by atoms with E-state index < -0.39 is 17.7 Å². The zero-order valence-corrected chi connectivity index (χ0v) is 14.1. The molecule has 1 atom stereocenters. The molecule has 0 radical (unpaired) electrons. The van der Waals surface area contributed by atoms with Gasteiger partial charge in [-0.05, 0) is 25.0 Å². The first-order valence-electron chi connectivity index (χ1n) is 8.52. The van der Waals surface area contributed by atoms with Crippen molar-refractivity contribution >= 4 is 5.52 Å². The molecule has 1 aliphatic carbocycles. The van der Waals surface area contributed by atoms with Gasteiger partial charge in [0.2, 0.25) is 0 Å². The van der Waals surface area contributed by atoms with Crippen molar-refractivity contribution in [3.05, 3.63) is 66.0 Å². The number of benzene rings is 1. The van der Waals surface area contributed by atoms with E-state index in [9.17, 15) is 14.6 Å². The number of hydrogen-bond acceptors (Lipinski definition) is 6. The van der Waals surface area contributed by atoms with Gasteiger partial charge in [-0.1, -0.05) is 11.3 Å². The lowest BCUT2D eigenvalue weighted by atomic mass is 10.1. The van der Waals surface area contributed by atoms with Gasteiger partial charge in [0.15, 0.2) is 11.6 Å². The minimum atomic E-state index is -1.10. The topological polar surface area (TPSA) is 101 Å². The molecule has 0 unspecified atom stereocenters. The molecule has 0 spiro atoms. The van der Waals surface area contributed by atoms with E-state index >= 15 is 0 Å². The maximum absolute atomic E-state index is 14.1. The summed E-state index contributed by atoms with van der Waals surface area (Å²) in [5.41, 5.74) is 2.46. The third-order valence-electron chi connectivity index (χ3n) is 4.74. The average Bonchev–Trinajstić information content (AvgIpc) is 3.20. The van der Waals surface area contributed by atoms with Crippen molar-refractivity contribution in [2.75, 3.05) is 0 Å². The number of aliphatic hydroxyl groups is 1. The summed E-state index contributed by atoms with van der Waals surface area (Å²) in [7, 11) is 0. The van der Waals surface area contributed by atoms with E-state index in [0.717, 1.165) is 24.1 Å². The van der Waals surface area contributed by atoms with Crippen molar-refractivity contribution in [1.29, 1.82) is 0 Å². The Balaban J connectivity index is 1.60. The van der Waals surface area contributed by atoms with Gasteiger partial charge in [-0.2, -0.15) is 0 Å². The Morgan fingerprint density at radius 2 is 2.07 bits per heavy atom. The van der Waals surface area contributed by atoms with Gasteiger partial charge in [-0.15, -0.1) is 5.10 Å². The van der Waals surface area contributed by atoms with Crippen LogP contribution in [0, 0.1) is 5.82 Å². The predicted octanol–water partition coefficient (Wildman–Crippen LogP) is 2.11. The van der Waals surface area contributed by atoms with Crippen LogP contribution >= 0.6 is 0 Å². The molecule has 4 aromatic rings. The first kappa shape index (κ1) is 15.9. The maximum atomic E-state index is 14.1. The van der Waals surface area contributed by atoms with E-state index in [2.05, 4.69) is 20.3 Å². The number of rotatable bonds is 4. The molecule has 8 nitrogen and oxygen atoms in total. The molecule has 2 N–H and O–H groups in total. The van der Waals surface area contributed by atoms with Gasteiger partial charge >= 0.3 is 0 Å². The summed E-state index contributed by atoms with van der Waals surface area (Å²) in [5.74, 6) is -0.978. The second-order valence-electron chi connectivity index (χ2n) is 6.59. The van der Waals surface area contributed by atoms with Gasteiger partial charge in [0.1, 0.15) is 17.5 Å². The van der Waals surface area contributed by atoms with E-state index in [0.29, 0.717) is 11.6 Å². The molecule has 0 aliphatic heterocycles. The Morgan fingerprint density at radius 3 is 2.89 bits per heavy atom. The lowest BCUT2D eigenvalue weighted by molar-refractivity contribution is 0.206. The molecule has 3 heterocycles. The molecule has 9 heteroatoms. The molecule has 5 rings (SSSR count). The molecule has 0 bridgehead atoms. The summed E-state index contributed by atoms with van der Waals surface area (Å²) in [4.78, 5) is 8.64. The van der Waals surface area contributed by atoms with Gasteiger partial charge in [-0.25, -0.2) is 14.1 Å². The number of fused-ring (bicyclic) bond motifs is 1. The first-order chi connectivity index (χ1) is 13.1. The summed E-state index contributed by atoms with van der Waals surface area (Å²) in [5, 5.41) is 28.5. The zero-order chi connectivity index (χ0) is 18.5. The SMILES string of the molecule is Oc1cccc(-n2cc([C@H](O)c3c(C4CC4)ncc4cncn34)nn2)c1F. The van der Waals surface area contributed by atoms with Crippen LogP contribution in [0.15, 0.2) is 43.1 Å². The van der Waals surface area contributed by atoms with Crippen molar-refractivity contribution in [3.8, 4) is 11.4 Å². The van der Waals surface area contributed by atoms with E-state index in [1.54, 1.807) is 23.1 Å². The number of aromatic hydroxyl groups is 1. The number of imidazole rings is 1. The van der Waals surface area contributed by atoms with Crippen LogP contribution in [0.5, 0.6) is 5.75 Å². The number of aromatic nitrogens is 6. The number of hydrogen-bond donors (Lipinski definition) is 2. The van der Waals surface area contributed by atoms with Crippen molar-refractivity contribution in [2.45, 2.75) is 24.9 Å². The van der Waals surface area contributed by atoms with E-state index in [1.165, 1.54) is 29.1 Å². The van der Waals surface area contributed by atoms with Crippen LogP contribution in [-0.2, 0) is 0 Å². The van der Waals surface area contributed by atoms with Crippen LogP contribution in [0.2, 0.25) is 0 Å². The Kier molecular flexibility index (Phi) is 3.44. The normalized spacial score (nSPS) is 15.3. The van der Waals surface area contributed by atoms with Crippen molar-refractivity contribution < 1.29 is 14.6 Å². The summed E-state index contributed by atoms with van der Waals surface area (Å²) < 4.78 is 17.1.